The van der Waals surface area contributed by atoms with E-state index in [4.69, 9.17) is 5.73 Å². The first-order chi connectivity index (χ1) is 12.1. The predicted molar refractivity (Wildman–Crippen MR) is 98.5 cm³/mol. The van der Waals surface area contributed by atoms with Crippen molar-refractivity contribution >= 4 is 17.6 Å². The Kier molecular flexibility index (Phi) is 4.89. The van der Waals surface area contributed by atoms with Gasteiger partial charge in [-0.1, -0.05) is 48.5 Å². The van der Waals surface area contributed by atoms with Gasteiger partial charge in [0.15, 0.2) is 5.84 Å². The molecule has 1 heterocycles. The molecule has 126 valence electrons. The summed E-state index contributed by atoms with van der Waals surface area (Å²) < 4.78 is 1.76. The van der Waals surface area contributed by atoms with Gasteiger partial charge in [0.25, 0.3) is 0 Å². The van der Waals surface area contributed by atoms with Gasteiger partial charge < -0.3 is 11.1 Å². The molecule has 1 aromatic heterocycles. The standard InChI is InChI=1S/C19H19N5O/c1-14(25)23-19(21-12-15-8-4-2-5-9-15)17-18(20)24(13-22-17)16-10-6-3-7-11-16/h2-11,13H,12,20H2,1H3,(H,21,23,25). The maximum atomic E-state index is 11.6. The molecule has 25 heavy (non-hydrogen) atoms. The zero-order valence-electron chi connectivity index (χ0n) is 13.9. The van der Waals surface area contributed by atoms with Crippen molar-refractivity contribution in [1.29, 1.82) is 0 Å². The molecule has 0 unspecified atom stereocenters. The molecule has 3 N–H and O–H groups in total. The van der Waals surface area contributed by atoms with Crippen molar-refractivity contribution in [3.05, 3.63) is 78.2 Å². The van der Waals surface area contributed by atoms with Crippen LogP contribution in [0, 0.1) is 0 Å². The van der Waals surface area contributed by atoms with Gasteiger partial charge in [-0.15, -0.1) is 0 Å². The molecule has 0 aliphatic carbocycles. The molecular weight excluding hydrogens is 314 g/mol. The molecular formula is C19H19N5O. The first-order valence-electron chi connectivity index (χ1n) is 7.89. The molecule has 2 aromatic carbocycles. The number of aromatic nitrogens is 2. The van der Waals surface area contributed by atoms with Crippen LogP contribution in [0.15, 0.2) is 72.0 Å². The molecule has 6 nitrogen and oxygen atoms in total. The van der Waals surface area contributed by atoms with E-state index in [9.17, 15) is 4.79 Å². The van der Waals surface area contributed by atoms with E-state index in [1.807, 2.05) is 60.7 Å². The number of benzene rings is 2. The van der Waals surface area contributed by atoms with Crippen LogP contribution in [0.5, 0.6) is 0 Å². The smallest absolute Gasteiger partial charge is 0.222 e. The summed E-state index contributed by atoms with van der Waals surface area (Å²) in [4.78, 5) is 20.4. The number of nitrogens with zero attached hydrogens (tertiary/aromatic N) is 3. The summed E-state index contributed by atoms with van der Waals surface area (Å²) in [6.45, 7) is 1.86. The molecule has 6 heteroatoms. The molecule has 3 rings (SSSR count). The highest BCUT2D eigenvalue weighted by Gasteiger charge is 2.16. The van der Waals surface area contributed by atoms with Crippen LogP contribution in [0.2, 0.25) is 0 Å². The average molecular weight is 333 g/mol. The van der Waals surface area contributed by atoms with Crippen molar-refractivity contribution in [2.45, 2.75) is 13.5 Å². The number of hydrogen-bond donors (Lipinski definition) is 2. The number of imidazole rings is 1. The number of amides is 1. The first-order valence-corrected chi connectivity index (χ1v) is 7.89. The lowest BCUT2D eigenvalue weighted by molar-refractivity contribution is -0.117. The van der Waals surface area contributed by atoms with Crippen molar-refractivity contribution in [2.75, 3.05) is 5.73 Å². The number of carbonyl (C=O) groups is 1. The minimum Gasteiger partial charge on any atom is -0.383 e. The fourth-order valence-electron chi connectivity index (χ4n) is 2.43. The monoisotopic (exact) mass is 333 g/mol. The summed E-state index contributed by atoms with van der Waals surface area (Å²) in [5.74, 6) is 0.566. The van der Waals surface area contributed by atoms with Crippen LogP contribution >= 0.6 is 0 Å². The molecule has 0 saturated carbocycles. The summed E-state index contributed by atoms with van der Waals surface area (Å²) in [6, 6.07) is 19.4. The van der Waals surface area contributed by atoms with E-state index in [2.05, 4.69) is 15.3 Å². The lowest BCUT2D eigenvalue weighted by Gasteiger charge is -2.08. The van der Waals surface area contributed by atoms with Crippen LogP contribution in [0.3, 0.4) is 0 Å². The topological polar surface area (TPSA) is 85.3 Å². The summed E-state index contributed by atoms with van der Waals surface area (Å²) in [5, 5.41) is 2.73. The fourth-order valence-corrected chi connectivity index (χ4v) is 2.43. The molecule has 0 bridgehead atoms. The number of anilines is 1. The van der Waals surface area contributed by atoms with Crippen LogP contribution < -0.4 is 11.1 Å². The second-order valence-electron chi connectivity index (χ2n) is 5.52. The number of nitrogen functional groups attached to an aromatic ring is 1. The van der Waals surface area contributed by atoms with Gasteiger partial charge in [-0.2, -0.15) is 0 Å². The van der Waals surface area contributed by atoms with Crippen molar-refractivity contribution < 1.29 is 4.79 Å². The Bertz CT molecular complexity index is 885. The summed E-state index contributed by atoms with van der Waals surface area (Å²) >= 11 is 0. The van der Waals surface area contributed by atoms with Crippen LogP contribution in [0.4, 0.5) is 5.82 Å². The Labute approximate surface area is 146 Å². The summed E-state index contributed by atoms with van der Waals surface area (Å²) in [6.07, 6.45) is 1.62. The van der Waals surface area contributed by atoms with Gasteiger partial charge in [0.1, 0.15) is 17.8 Å². The van der Waals surface area contributed by atoms with Crippen LogP contribution in [0.25, 0.3) is 5.69 Å². The minimum atomic E-state index is -0.222. The van der Waals surface area contributed by atoms with Gasteiger partial charge in [0.2, 0.25) is 5.91 Å². The van der Waals surface area contributed by atoms with E-state index < -0.39 is 0 Å². The van der Waals surface area contributed by atoms with E-state index in [-0.39, 0.29) is 5.91 Å². The SMILES string of the molecule is CC(=O)NC(=NCc1ccccc1)c1ncn(-c2ccccc2)c1N. The van der Waals surface area contributed by atoms with Crippen molar-refractivity contribution in [1.82, 2.24) is 14.9 Å². The molecule has 0 radical (unpaired) electrons. The number of hydrogen-bond acceptors (Lipinski definition) is 4. The fraction of sp³-hybridized carbons (Fsp3) is 0.105. The lowest BCUT2D eigenvalue weighted by Crippen LogP contribution is -2.30. The maximum absolute atomic E-state index is 11.6. The molecule has 0 atom stereocenters. The molecule has 0 saturated heterocycles. The summed E-state index contributed by atoms with van der Waals surface area (Å²) in [5.41, 5.74) is 8.63. The van der Waals surface area contributed by atoms with E-state index in [1.54, 1.807) is 10.9 Å². The molecule has 0 spiro atoms. The number of nitrogens with two attached hydrogens (primary N) is 1. The highest BCUT2D eigenvalue weighted by atomic mass is 16.1. The number of para-hydroxylation sites is 1. The number of carbonyl (C=O) groups excluding carboxylic acids is 1. The zero-order chi connectivity index (χ0) is 17.6. The van der Waals surface area contributed by atoms with Gasteiger partial charge in [-0.25, -0.2) is 4.98 Å². The third-order valence-corrected chi connectivity index (χ3v) is 3.62. The lowest BCUT2D eigenvalue weighted by atomic mass is 10.2. The zero-order valence-corrected chi connectivity index (χ0v) is 13.9. The van der Waals surface area contributed by atoms with E-state index >= 15 is 0 Å². The van der Waals surface area contributed by atoms with Crippen molar-refractivity contribution in [2.24, 2.45) is 4.99 Å². The first kappa shape index (κ1) is 16.4. The predicted octanol–water partition coefficient (Wildman–Crippen LogP) is 2.54. The van der Waals surface area contributed by atoms with E-state index in [0.29, 0.717) is 23.9 Å². The number of amidine groups is 1. The molecule has 0 fully saturated rings. The molecule has 1 amide bonds. The maximum Gasteiger partial charge on any atom is 0.222 e. The van der Waals surface area contributed by atoms with Gasteiger partial charge in [0, 0.05) is 12.6 Å². The van der Waals surface area contributed by atoms with Crippen LogP contribution in [-0.4, -0.2) is 21.3 Å². The minimum absolute atomic E-state index is 0.222. The Morgan fingerprint density at radius 2 is 1.76 bits per heavy atom. The third-order valence-electron chi connectivity index (χ3n) is 3.62. The van der Waals surface area contributed by atoms with Gasteiger partial charge >= 0.3 is 0 Å². The normalized spacial score (nSPS) is 11.3. The Balaban J connectivity index is 1.94. The van der Waals surface area contributed by atoms with Crippen molar-refractivity contribution in [3.8, 4) is 5.69 Å². The van der Waals surface area contributed by atoms with Crippen LogP contribution in [0.1, 0.15) is 18.2 Å². The highest BCUT2D eigenvalue weighted by molar-refractivity contribution is 6.08. The largest absolute Gasteiger partial charge is 0.383 e. The Hall–Kier alpha value is -3.41. The van der Waals surface area contributed by atoms with E-state index in [1.165, 1.54) is 6.92 Å². The second kappa shape index (κ2) is 7.44. The molecule has 0 aliphatic rings. The van der Waals surface area contributed by atoms with Gasteiger partial charge in [-0.05, 0) is 17.7 Å². The Morgan fingerprint density at radius 3 is 2.40 bits per heavy atom. The van der Waals surface area contributed by atoms with Crippen LogP contribution in [-0.2, 0) is 11.3 Å². The quantitative estimate of drug-likeness (QED) is 0.568. The average Bonchev–Trinajstić information content (AvgIpc) is 3.01. The number of aliphatic imine (C=N–C) groups is 1. The van der Waals surface area contributed by atoms with Gasteiger partial charge in [-0.3, -0.25) is 14.4 Å². The summed E-state index contributed by atoms with van der Waals surface area (Å²) in [7, 11) is 0. The molecule has 3 aromatic rings. The van der Waals surface area contributed by atoms with Crippen molar-refractivity contribution in [3.63, 3.8) is 0 Å². The number of rotatable bonds is 4. The number of nitrogens with one attached hydrogen (secondary N) is 1. The second-order valence-corrected chi connectivity index (χ2v) is 5.52. The molecule has 0 aliphatic heterocycles. The highest BCUT2D eigenvalue weighted by Crippen LogP contribution is 2.17. The Morgan fingerprint density at radius 1 is 1.12 bits per heavy atom. The van der Waals surface area contributed by atoms with E-state index in [0.717, 1.165) is 11.3 Å². The van der Waals surface area contributed by atoms with Gasteiger partial charge in [0.05, 0.1) is 6.54 Å². The third kappa shape index (κ3) is 3.92.